The minimum absolute atomic E-state index is 0.165. The second-order valence-electron chi connectivity index (χ2n) is 5.80. The molecular formula is C16H20F4O. The lowest BCUT2D eigenvalue weighted by molar-refractivity contribution is -0.137. The summed E-state index contributed by atoms with van der Waals surface area (Å²) in [6.07, 6.45) is -1.18. The standard InChI is InChI=1S/C16H20F4O/c1-2-10-5-3-4-6-12(10)15(21)13-9-11(16(18,19)20)7-8-14(13)17/h7-10,12,15,21H,2-6H2,1H3. The smallest absolute Gasteiger partial charge is 0.388 e. The van der Waals surface area contributed by atoms with E-state index in [1.165, 1.54) is 0 Å². The van der Waals surface area contributed by atoms with E-state index in [1.807, 2.05) is 6.92 Å². The number of hydrogen-bond acceptors (Lipinski definition) is 1. The Bertz CT molecular complexity index is 484. The van der Waals surface area contributed by atoms with Crippen molar-refractivity contribution in [2.45, 2.75) is 51.3 Å². The van der Waals surface area contributed by atoms with Crippen molar-refractivity contribution in [2.75, 3.05) is 0 Å². The number of benzene rings is 1. The van der Waals surface area contributed by atoms with Crippen molar-refractivity contribution in [1.82, 2.24) is 0 Å². The topological polar surface area (TPSA) is 20.2 Å². The van der Waals surface area contributed by atoms with Crippen LogP contribution in [0.15, 0.2) is 18.2 Å². The van der Waals surface area contributed by atoms with Crippen LogP contribution < -0.4 is 0 Å². The van der Waals surface area contributed by atoms with Crippen LogP contribution in [0, 0.1) is 17.7 Å². The summed E-state index contributed by atoms with van der Waals surface area (Å²) in [5, 5.41) is 10.4. The Morgan fingerprint density at radius 1 is 1.24 bits per heavy atom. The molecule has 1 N–H and O–H groups in total. The average Bonchev–Trinajstić information content (AvgIpc) is 2.45. The second-order valence-corrected chi connectivity index (χ2v) is 5.80. The third kappa shape index (κ3) is 3.57. The Labute approximate surface area is 122 Å². The Balaban J connectivity index is 2.31. The van der Waals surface area contributed by atoms with Gasteiger partial charge in [-0.2, -0.15) is 13.2 Å². The maximum absolute atomic E-state index is 13.9. The molecule has 3 unspecified atom stereocenters. The van der Waals surface area contributed by atoms with E-state index < -0.39 is 23.7 Å². The molecule has 3 atom stereocenters. The second kappa shape index (κ2) is 6.34. The zero-order valence-corrected chi connectivity index (χ0v) is 12.0. The Hall–Kier alpha value is -1.10. The van der Waals surface area contributed by atoms with Gasteiger partial charge in [-0.3, -0.25) is 0 Å². The van der Waals surface area contributed by atoms with E-state index in [0.29, 0.717) is 6.07 Å². The van der Waals surface area contributed by atoms with E-state index in [1.54, 1.807) is 0 Å². The first-order valence-corrected chi connectivity index (χ1v) is 7.39. The van der Waals surface area contributed by atoms with Gasteiger partial charge in [0.05, 0.1) is 11.7 Å². The van der Waals surface area contributed by atoms with Gasteiger partial charge in [-0.05, 0) is 36.5 Å². The molecule has 1 aromatic rings. The van der Waals surface area contributed by atoms with Gasteiger partial charge < -0.3 is 5.11 Å². The van der Waals surface area contributed by atoms with E-state index in [4.69, 9.17) is 0 Å². The van der Waals surface area contributed by atoms with Gasteiger partial charge in [-0.15, -0.1) is 0 Å². The van der Waals surface area contributed by atoms with Crippen LogP contribution in [0.2, 0.25) is 0 Å². The number of rotatable bonds is 3. The van der Waals surface area contributed by atoms with Crippen molar-refractivity contribution in [2.24, 2.45) is 11.8 Å². The fourth-order valence-electron chi connectivity index (χ4n) is 3.34. The van der Waals surface area contributed by atoms with E-state index in [9.17, 15) is 22.7 Å². The molecule has 1 aliphatic carbocycles. The minimum Gasteiger partial charge on any atom is -0.388 e. The van der Waals surface area contributed by atoms with Gasteiger partial charge in [0.1, 0.15) is 5.82 Å². The third-order valence-corrected chi connectivity index (χ3v) is 4.54. The quantitative estimate of drug-likeness (QED) is 0.771. The summed E-state index contributed by atoms with van der Waals surface area (Å²) in [4.78, 5) is 0. The molecule has 1 aliphatic rings. The lowest BCUT2D eigenvalue weighted by atomic mass is 9.73. The molecule has 0 spiro atoms. The van der Waals surface area contributed by atoms with Crippen LogP contribution in [0.5, 0.6) is 0 Å². The van der Waals surface area contributed by atoms with Crippen LogP contribution in [0.3, 0.4) is 0 Å². The molecule has 0 saturated heterocycles. The summed E-state index contributed by atoms with van der Waals surface area (Å²) in [5.41, 5.74) is -1.14. The molecule has 0 amide bonds. The molecule has 0 bridgehead atoms. The van der Waals surface area contributed by atoms with Crippen LogP contribution >= 0.6 is 0 Å². The normalized spacial score (nSPS) is 24.9. The fourth-order valence-corrected chi connectivity index (χ4v) is 3.34. The maximum atomic E-state index is 13.9. The van der Waals surface area contributed by atoms with Crippen LogP contribution in [0.25, 0.3) is 0 Å². The van der Waals surface area contributed by atoms with Gasteiger partial charge in [0.25, 0.3) is 0 Å². The fraction of sp³-hybridized carbons (Fsp3) is 0.625. The highest BCUT2D eigenvalue weighted by molar-refractivity contribution is 5.29. The Morgan fingerprint density at radius 2 is 1.90 bits per heavy atom. The van der Waals surface area contributed by atoms with Crippen LogP contribution in [-0.2, 0) is 6.18 Å². The zero-order chi connectivity index (χ0) is 15.6. The molecule has 0 radical (unpaired) electrons. The highest BCUT2D eigenvalue weighted by atomic mass is 19.4. The van der Waals surface area contributed by atoms with Gasteiger partial charge in [0.2, 0.25) is 0 Å². The molecule has 1 saturated carbocycles. The summed E-state index contributed by atoms with van der Waals surface area (Å²) in [6.45, 7) is 2.00. The summed E-state index contributed by atoms with van der Waals surface area (Å²) < 4.78 is 52.1. The molecule has 21 heavy (non-hydrogen) atoms. The van der Waals surface area contributed by atoms with Crippen molar-refractivity contribution in [3.8, 4) is 0 Å². The summed E-state index contributed by atoms with van der Waals surface area (Å²) >= 11 is 0. The molecule has 0 aliphatic heterocycles. The number of hydrogen-bond donors (Lipinski definition) is 1. The number of aliphatic hydroxyl groups excluding tert-OH is 1. The van der Waals surface area contributed by atoms with Crippen molar-refractivity contribution in [3.63, 3.8) is 0 Å². The molecule has 2 rings (SSSR count). The predicted octanol–water partition coefficient (Wildman–Crippen LogP) is 5.09. The predicted molar refractivity (Wildman–Crippen MR) is 72.1 cm³/mol. The van der Waals surface area contributed by atoms with E-state index >= 15 is 0 Å². The summed E-state index contributed by atoms with van der Waals surface area (Å²) in [6, 6.07) is 2.26. The first kappa shape index (κ1) is 16.3. The monoisotopic (exact) mass is 304 g/mol. The van der Waals surface area contributed by atoms with Gasteiger partial charge in [0, 0.05) is 5.56 Å². The first-order valence-electron chi connectivity index (χ1n) is 7.39. The lowest BCUT2D eigenvalue weighted by Gasteiger charge is -2.34. The number of alkyl halides is 3. The molecule has 118 valence electrons. The highest BCUT2D eigenvalue weighted by Crippen LogP contribution is 2.42. The Kier molecular flexibility index (Phi) is 4.91. The van der Waals surface area contributed by atoms with E-state index in [2.05, 4.69) is 0 Å². The average molecular weight is 304 g/mol. The minimum atomic E-state index is -4.53. The number of aliphatic hydroxyl groups is 1. The lowest BCUT2D eigenvalue weighted by Crippen LogP contribution is -2.26. The highest BCUT2D eigenvalue weighted by Gasteiger charge is 2.35. The van der Waals surface area contributed by atoms with Crippen LogP contribution in [0.1, 0.15) is 56.3 Å². The van der Waals surface area contributed by atoms with Crippen molar-refractivity contribution < 1.29 is 22.7 Å². The van der Waals surface area contributed by atoms with Crippen molar-refractivity contribution in [1.29, 1.82) is 0 Å². The SMILES string of the molecule is CCC1CCCCC1C(O)c1cc(C(F)(F)F)ccc1F. The molecule has 0 heterocycles. The van der Waals surface area contributed by atoms with Crippen LogP contribution in [-0.4, -0.2) is 5.11 Å². The van der Waals surface area contributed by atoms with Gasteiger partial charge >= 0.3 is 6.18 Å². The zero-order valence-electron chi connectivity index (χ0n) is 12.0. The van der Waals surface area contributed by atoms with Gasteiger partial charge in [-0.1, -0.05) is 32.6 Å². The van der Waals surface area contributed by atoms with Crippen molar-refractivity contribution in [3.05, 3.63) is 35.1 Å². The summed E-state index contributed by atoms with van der Waals surface area (Å²) in [5.74, 6) is -0.694. The number of halogens is 4. The molecule has 1 fully saturated rings. The molecule has 5 heteroatoms. The Morgan fingerprint density at radius 3 is 2.52 bits per heavy atom. The molecule has 1 aromatic carbocycles. The third-order valence-electron chi connectivity index (χ3n) is 4.54. The molecule has 0 aromatic heterocycles. The van der Waals surface area contributed by atoms with Gasteiger partial charge in [-0.25, -0.2) is 4.39 Å². The van der Waals surface area contributed by atoms with E-state index in [-0.39, 0.29) is 17.4 Å². The van der Waals surface area contributed by atoms with Gasteiger partial charge in [0.15, 0.2) is 0 Å². The maximum Gasteiger partial charge on any atom is 0.416 e. The van der Waals surface area contributed by atoms with E-state index in [0.717, 1.165) is 44.2 Å². The molecular weight excluding hydrogens is 284 g/mol. The largest absolute Gasteiger partial charge is 0.416 e. The molecule has 1 nitrogen and oxygen atoms in total. The van der Waals surface area contributed by atoms with Crippen LogP contribution in [0.4, 0.5) is 17.6 Å². The first-order chi connectivity index (χ1) is 9.84. The van der Waals surface area contributed by atoms with Crippen molar-refractivity contribution >= 4 is 0 Å². The summed E-state index contributed by atoms with van der Waals surface area (Å²) in [7, 11) is 0.